The maximum atomic E-state index is 8.33. The van der Waals surface area contributed by atoms with Gasteiger partial charge in [-0.1, -0.05) is 20.3 Å². The molecule has 1 fully saturated rings. The van der Waals surface area contributed by atoms with Crippen molar-refractivity contribution in [3.63, 3.8) is 0 Å². The van der Waals surface area contributed by atoms with Crippen LogP contribution in [0.25, 0.3) is 0 Å². The highest BCUT2D eigenvalue weighted by atomic mass is 16.5. The fourth-order valence-electron chi connectivity index (χ4n) is 0.483. The van der Waals surface area contributed by atoms with Crippen molar-refractivity contribution < 1.29 is 9.84 Å². The second-order valence-electron chi connectivity index (χ2n) is 3.17. The molecule has 1 rings (SSSR count). The molecule has 0 radical (unpaired) electrons. The SMILES string of the molecule is CC1CCO1.CC[C@H](C)CO. The third-order valence-corrected chi connectivity index (χ3v) is 1.94. The van der Waals surface area contributed by atoms with E-state index < -0.39 is 0 Å². The van der Waals surface area contributed by atoms with E-state index in [0.29, 0.717) is 18.6 Å². The van der Waals surface area contributed by atoms with Crippen LogP contribution < -0.4 is 0 Å². The quantitative estimate of drug-likeness (QED) is 0.667. The molecule has 0 amide bonds. The zero-order chi connectivity index (χ0) is 8.69. The minimum absolute atomic E-state index is 0.330. The Morgan fingerprint density at radius 2 is 2.09 bits per heavy atom. The number of ether oxygens (including phenoxy) is 1. The Hall–Kier alpha value is -0.0800. The van der Waals surface area contributed by atoms with Crippen LogP contribution in [-0.4, -0.2) is 24.4 Å². The Balaban J connectivity index is 0.000000183. The molecule has 1 heterocycles. The number of aliphatic hydroxyl groups is 1. The van der Waals surface area contributed by atoms with E-state index in [1.54, 1.807) is 0 Å². The molecular weight excluding hydrogens is 140 g/mol. The van der Waals surface area contributed by atoms with Gasteiger partial charge in [-0.25, -0.2) is 0 Å². The first kappa shape index (κ1) is 10.9. The molecule has 0 bridgehead atoms. The van der Waals surface area contributed by atoms with E-state index in [-0.39, 0.29) is 0 Å². The molecule has 1 saturated heterocycles. The van der Waals surface area contributed by atoms with Crippen molar-refractivity contribution in [2.45, 2.75) is 39.7 Å². The smallest absolute Gasteiger partial charge is 0.0568 e. The van der Waals surface area contributed by atoms with Crippen molar-refractivity contribution in [3.05, 3.63) is 0 Å². The monoisotopic (exact) mass is 160 g/mol. The summed E-state index contributed by atoms with van der Waals surface area (Å²) in [5.74, 6) is 0.491. The van der Waals surface area contributed by atoms with Crippen molar-refractivity contribution in [2.75, 3.05) is 13.2 Å². The molecule has 1 aliphatic rings. The van der Waals surface area contributed by atoms with E-state index in [9.17, 15) is 0 Å². The second-order valence-corrected chi connectivity index (χ2v) is 3.17. The van der Waals surface area contributed by atoms with Gasteiger partial charge in [-0.05, 0) is 19.3 Å². The first-order valence-electron chi connectivity index (χ1n) is 4.43. The van der Waals surface area contributed by atoms with E-state index in [2.05, 4.69) is 13.8 Å². The topological polar surface area (TPSA) is 29.5 Å². The van der Waals surface area contributed by atoms with Gasteiger partial charge in [0.15, 0.2) is 0 Å². The van der Waals surface area contributed by atoms with Crippen molar-refractivity contribution >= 4 is 0 Å². The van der Waals surface area contributed by atoms with Gasteiger partial charge in [0.05, 0.1) is 6.10 Å². The van der Waals surface area contributed by atoms with Crippen LogP contribution in [0.15, 0.2) is 0 Å². The van der Waals surface area contributed by atoms with E-state index in [0.717, 1.165) is 13.0 Å². The highest BCUT2D eigenvalue weighted by Gasteiger charge is 2.09. The van der Waals surface area contributed by atoms with Gasteiger partial charge in [0.25, 0.3) is 0 Å². The molecule has 68 valence electrons. The predicted octanol–water partition coefficient (Wildman–Crippen LogP) is 1.82. The Bertz CT molecular complexity index is 75.6. The minimum Gasteiger partial charge on any atom is -0.396 e. The lowest BCUT2D eigenvalue weighted by Crippen LogP contribution is -2.22. The minimum atomic E-state index is 0.330. The van der Waals surface area contributed by atoms with Gasteiger partial charge in [-0.2, -0.15) is 0 Å². The van der Waals surface area contributed by atoms with E-state index in [1.165, 1.54) is 6.42 Å². The van der Waals surface area contributed by atoms with Crippen LogP contribution in [0.4, 0.5) is 0 Å². The lowest BCUT2D eigenvalue weighted by Gasteiger charge is -2.20. The van der Waals surface area contributed by atoms with E-state index in [1.807, 2.05) is 6.92 Å². The second kappa shape index (κ2) is 6.62. The number of rotatable bonds is 2. The molecule has 11 heavy (non-hydrogen) atoms. The largest absolute Gasteiger partial charge is 0.396 e. The summed E-state index contributed by atoms with van der Waals surface area (Å²) < 4.78 is 4.93. The first-order valence-corrected chi connectivity index (χ1v) is 4.43. The average molecular weight is 160 g/mol. The molecule has 0 aliphatic carbocycles. The third kappa shape index (κ3) is 6.32. The molecule has 0 saturated carbocycles. The zero-order valence-corrected chi connectivity index (χ0v) is 7.84. The lowest BCUT2D eigenvalue weighted by molar-refractivity contribution is -0.0375. The van der Waals surface area contributed by atoms with E-state index in [4.69, 9.17) is 9.84 Å². The Morgan fingerprint density at radius 1 is 1.64 bits per heavy atom. The molecule has 1 N–H and O–H groups in total. The molecular formula is C9H20O2. The number of hydrogen-bond donors (Lipinski definition) is 1. The molecule has 2 atom stereocenters. The van der Waals surface area contributed by atoms with Crippen LogP contribution in [0, 0.1) is 5.92 Å². The summed E-state index contributed by atoms with van der Waals surface area (Å²) >= 11 is 0. The highest BCUT2D eigenvalue weighted by Crippen LogP contribution is 2.07. The predicted molar refractivity (Wildman–Crippen MR) is 46.6 cm³/mol. The van der Waals surface area contributed by atoms with Gasteiger partial charge < -0.3 is 9.84 Å². The van der Waals surface area contributed by atoms with E-state index >= 15 is 0 Å². The van der Waals surface area contributed by atoms with Crippen LogP contribution in [0.5, 0.6) is 0 Å². The summed E-state index contributed by atoms with van der Waals surface area (Å²) in [6, 6.07) is 0. The van der Waals surface area contributed by atoms with Crippen molar-refractivity contribution in [1.82, 2.24) is 0 Å². The lowest BCUT2D eigenvalue weighted by atomic mass is 10.1. The van der Waals surface area contributed by atoms with Gasteiger partial charge >= 0.3 is 0 Å². The van der Waals surface area contributed by atoms with Crippen molar-refractivity contribution in [3.8, 4) is 0 Å². The summed E-state index contributed by atoms with van der Waals surface area (Å²) in [7, 11) is 0. The van der Waals surface area contributed by atoms with Crippen LogP contribution in [0.2, 0.25) is 0 Å². The average Bonchev–Trinajstić information content (AvgIpc) is 2.00. The van der Waals surface area contributed by atoms with Crippen LogP contribution in [0.3, 0.4) is 0 Å². The normalized spacial score (nSPS) is 24.5. The summed E-state index contributed by atoms with van der Waals surface area (Å²) in [6.07, 6.45) is 2.91. The molecule has 0 spiro atoms. The Labute approximate surface area is 69.6 Å². The Morgan fingerprint density at radius 3 is 2.09 bits per heavy atom. The summed E-state index contributed by atoms with van der Waals surface area (Å²) in [6.45, 7) is 7.50. The molecule has 0 aromatic heterocycles. The van der Waals surface area contributed by atoms with Crippen molar-refractivity contribution in [1.29, 1.82) is 0 Å². The van der Waals surface area contributed by atoms with Gasteiger partial charge in [-0.15, -0.1) is 0 Å². The molecule has 0 aromatic carbocycles. The maximum absolute atomic E-state index is 8.33. The zero-order valence-electron chi connectivity index (χ0n) is 7.84. The molecule has 2 nitrogen and oxygen atoms in total. The van der Waals surface area contributed by atoms with Crippen LogP contribution >= 0.6 is 0 Å². The van der Waals surface area contributed by atoms with Gasteiger partial charge in [0.1, 0.15) is 0 Å². The molecule has 2 heteroatoms. The van der Waals surface area contributed by atoms with Gasteiger partial charge in [-0.3, -0.25) is 0 Å². The Kier molecular flexibility index (Phi) is 6.57. The molecule has 1 unspecified atom stereocenters. The van der Waals surface area contributed by atoms with Gasteiger partial charge in [0, 0.05) is 13.2 Å². The van der Waals surface area contributed by atoms with Crippen LogP contribution in [-0.2, 0) is 4.74 Å². The maximum Gasteiger partial charge on any atom is 0.0568 e. The molecule has 0 aromatic rings. The summed E-state index contributed by atoms with van der Waals surface area (Å²) in [5, 5.41) is 8.33. The fourth-order valence-corrected chi connectivity index (χ4v) is 0.483. The summed E-state index contributed by atoms with van der Waals surface area (Å²) in [5.41, 5.74) is 0. The fraction of sp³-hybridized carbons (Fsp3) is 1.00. The van der Waals surface area contributed by atoms with Gasteiger partial charge in [0.2, 0.25) is 0 Å². The number of hydrogen-bond acceptors (Lipinski definition) is 2. The molecule has 1 aliphatic heterocycles. The third-order valence-electron chi connectivity index (χ3n) is 1.94. The highest BCUT2D eigenvalue weighted by molar-refractivity contribution is 4.57. The van der Waals surface area contributed by atoms with Crippen molar-refractivity contribution in [2.24, 2.45) is 5.92 Å². The summed E-state index contributed by atoms with van der Waals surface area (Å²) in [4.78, 5) is 0. The van der Waals surface area contributed by atoms with Crippen LogP contribution in [0.1, 0.15) is 33.6 Å². The standard InChI is InChI=1S/C5H12O.C4H8O/c1-3-5(2)4-6;1-4-2-3-5-4/h5-6H,3-4H2,1-2H3;4H,2-3H2,1H3/t5-;/m0./s1. The first-order chi connectivity index (χ1) is 5.20. The number of aliphatic hydroxyl groups excluding tert-OH is 1.